The number of nitrogens with zero attached hydrogens (tertiary/aromatic N) is 2. The molecule has 0 saturated carbocycles. The summed E-state index contributed by atoms with van der Waals surface area (Å²) >= 11 is 6.19. The Morgan fingerprint density at radius 2 is 1.79 bits per heavy atom. The fourth-order valence-corrected chi connectivity index (χ4v) is 5.12. The first-order valence-electron chi connectivity index (χ1n) is 10.5. The average molecular weight is 495 g/mol. The normalized spacial score (nSPS) is 11.3. The lowest BCUT2D eigenvalue weighted by Crippen LogP contribution is -2.23. The Morgan fingerprint density at radius 3 is 2.47 bits per heavy atom. The Bertz CT molecular complexity index is 1430. The van der Waals surface area contributed by atoms with Crippen molar-refractivity contribution in [3.63, 3.8) is 0 Å². The highest BCUT2D eigenvalue weighted by molar-refractivity contribution is 7.92. The molecule has 1 heterocycles. The largest absolute Gasteiger partial charge is 0.348 e. The molecule has 0 saturated heterocycles. The predicted octanol–water partition coefficient (Wildman–Crippen LogP) is 4.87. The molecule has 4 rings (SSSR count). The Balaban J connectivity index is 1.48. The van der Waals surface area contributed by atoms with Crippen molar-refractivity contribution in [1.29, 1.82) is 0 Å². The van der Waals surface area contributed by atoms with Crippen LogP contribution in [0.2, 0.25) is 5.02 Å². The van der Waals surface area contributed by atoms with Crippen LogP contribution in [0.3, 0.4) is 0 Å². The maximum absolute atomic E-state index is 13.0. The summed E-state index contributed by atoms with van der Waals surface area (Å²) in [6, 6.07) is 17.2. The monoisotopic (exact) mass is 494 g/mol. The number of aromatic nitrogens is 2. The van der Waals surface area contributed by atoms with Crippen LogP contribution in [0, 0.1) is 13.8 Å². The van der Waals surface area contributed by atoms with Crippen LogP contribution in [0.15, 0.2) is 84.3 Å². The quantitative estimate of drug-likeness (QED) is 0.383. The van der Waals surface area contributed by atoms with Crippen LogP contribution in [0.25, 0.3) is 5.69 Å². The zero-order chi connectivity index (χ0) is 24.3. The molecule has 0 bridgehead atoms. The van der Waals surface area contributed by atoms with Crippen LogP contribution < -0.4 is 10.0 Å². The van der Waals surface area contributed by atoms with E-state index >= 15 is 0 Å². The number of carbonyl (C=O) groups excluding carboxylic acids is 1. The molecule has 3 aromatic carbocycles. The number of sulfonamides is 1. The van der Waals surface area contributed by atoms with Gasteiger partial charge in [-0.15, -0.1) is 0 Å². The van der Waals surface area contributed by atoms with Crippen molar-refractivity contribution < 1.29 is 13.2 Å². The SMILES string of the molecule is Cc1ccc(NS(=O)(=O)c2cc(C(=O)NCc3ccc(-n4ccnc4)cc3)ccc2Cl)c(C)c1. The molecule has 0 unspecified atom stereocenters. The van der Waals surface area contributed by atoms with Gasteiger partial charge in [0, 0.05) is 30.2 Å². The van der Waals surface area contributed by atoms with Crippen molar-refractivity contribution >= 4 is 33.2 Å². The number of hydrogen-bond acceptors (Lipinski definition) is 4. The van der Waals surface area contributed by atoms with Crippen LogP contribution in [0.5, 0.6) is 0 Å². The summed E-state index contributed by atoms with van der Waals surface area (Å²) in [4.78, 5) is 16.6. The van der Waals surface area contributed by atoms with Gasteiger partial charge >= 0.3 is 0 Å². The Hall–Kier alpha value is -3.62. The highest BCUT2D eigenvalue weighted by atomic mass is 35.5. The topological polar surface area (TPSA) is 93.1 Å². The lowest BCUT2D eigenvalue weighted by molar-refractivity contribution is 0.0950. The number of halogens is 1. The number of carbonyl (C=O) groups is 1. The number of rotatable bonds is 7. The van der Waals surface area contributed by atoms with E-state index in [1.165, 1.54) is 18.2 Å². The van der Waals surface area contributed by atoms with E-state index in [-0.39, 0.29) is 22.0 Å². The van der Waals surface area contributed by atoms with Crippen LogP contribution >= 0.6 is 11.6 Å². The third-order valence-electron chi connectivity index (χ3n) is 5.30. The minimum Gasteiger partial charge on any atom is -0.348 e. The van der Waals surface area contributed by atoms with E-state index in [1.807, 2.05) is 61.0 Å². The van der Waals surface area contributed by atoms with Crippen LogP contribution in [0.1, 0.15) is 27.0 Å². The molecular formula is C25H23ClN4O3S. The average Bonchev–Trinajstić information content (AvgIpc) is 3.35. The Kier molecular flexibility index (Phi) is 6.72. The van der Waals surface area contributed by atoms with E-state index in [0.29, 0.717) is 5.69 Å². The molecule has 1 aromatic heterocycles. The molecule has 7 nitrogen and oxygen atoms in total. The molecule has 0 aliphatic rings. The van der Waals surface area contributed by atoms with E-state index in [0.717, 1.165) is 22.4 Å². The standard InChI is InChI=1S/C25H23ClN4O3S/c1-17-3-10-23(18(2)13-17)29-34(32,33)24-14-20(6-9-22(24)26)25(31)28-15-19-4-7-21(8-5-19)30-12-11-27-16-30/h3-14,16,29H,15H2,1-2H3,(H,28,31). The lowest BCUT2D eigenvalue weighted by atomic mass is 10.1. The third-order valence-corrected chi connectivity index (χ3v) is 7.15. The number of imidazole rings is 1. The molecular weight excluding hydrogens is 472 g/mol. The third kappa shape index (κ3) is 5.30. The zero-order valence-electron chi connectivity index (χ0n) is 18.6. The molecule has 0 atom stereocenters. The first-order chi connectivity index (χ1) is 16.2. The molecule has 0 fully saturated rings. The van der Waals surface area contributed by atoms with Gasteiger partial charge in [0.15, 0.2) is 0 Å². The molecule has 0 radical (unpaired) electrons. The molecule has 0 aliphatic heterocycles. The molecule has 1 amide bonds. The molecule has 0 spiro atoms. The second-order valence-corrected chi connectivity index (χ2v) is 9.95. The second-order valence-electron chi connectivity index (χ2n) is 7.89. The Labute approximate surface area is 203 Å². The maximum Gasteiger partial charge on any atom is 0.263 e. The first kappa shape index (κ1) is 23.5. The number of benzene rings is 3. The molecule has 174 valence electrons. The van der Waals surface area contributed by atoms with Gasteiger partial charge in [0.05, 0.1) is 17.0 Å². The fourth-order valence-electron chi connectivity index (χ4n) is 3.46. The number of amides is 1. The smallest absolute Gasteiger partial charge is 0.263 e. The molecule has 4 aromatic rings. The van der Waals surface area contributed by atoms with Gasteiger partial charge in [-0.25, -0.2) is 13.4 Å². The first-order valence-corrected chi connectivity index (χ1v) is 12.3. The van der Waals surface area contributed by atoms with Crippen LogP contribution in [0.4, 0.5) is 5.69 Å². The summed E-state index contributed by atoms with van der Waals surface area (Å²) in [6.07, 6.45) is 5.25. The minimum atomic E-state index is -4.00. The van der Waals surface area contributed by atoms with E-state index in [9.17, 15) is 13.2 Å². The van der Waals surface area contributed by atoms with E-state index in [4.69, 9.17) is 11.6 Å². The summed E-state index contributed by atoms with van der Waals surface area (Å²) in [5, 5.41) is 2.85. The molecule has 0 aliphatic carbocycles. The van der Waals surface area contributed by atoms with E-state index in [2.05, 4.69) is 15.0 Å². The van der Waals surface area contributed by atoms with Gasteiger partial charge in [0.2, 0.25) is 0 Å². The summed E-state index contributed by atoms with van der Waals surface area (Å²) in [6.45, 7) is 4.03. The van der Waals surface area contributed by atoms with Crippen molar-refractivity contribution in [2.24, 2.45) is 0 Å². The van der Waals surface area contributed by atoms with Crippen molar-refractivity contribution in [3.8, 4) is 5.69 Å². The van der Waals surface area contributed by atoms with Gasteiger partial charge in [-0.1, -0.05) is 41.4 Å². The van der Waals surface area contributed by atoms with Gasteiger partial charge in [-0.05, 0) is 61.4 Å². The highest BCUT2D eigenvalue weighted by Crippen LogP contribution is 2.26. The summed E-state index contributed by atoms with van der Waals surface area (Å²) in [5.41, 5.74) is 4.31. The fraction of sp³-hybridized carbons (Fsp3) is 0.120. The summed E-state index contributed by atoms with van der Waals surface area (Å²) < 4.78 is 30.5. The second kappa shape index (κ2) is 9.70. The molecule has 34 heavy (non-hydrogen) atoms. The molecule has 9 heteroatoms. The van der Waals surface area contributed by atoms with Gasteiger partial charge in [0.1, 0.15) is 4.90 Å². The molecule has 2 N–H and O–H groups in total. The van der Waals surface area contributed by atoms with Gasteiger partial charge in [-0.3, -0.25) is 9.52 Å². The number of anilines is 1. The number of hydrogen-bond donors (Lipinski definition) is 2. The van der Waals surface area contributed by atoms with Gasteiger partial charge < -0.3 is 9.88 Å². The van der Waals surface area contributed by atoms with E-state index < -0.39 is 15.9 Å². The summed E-state index contributed by atoms with van der Waals surface area (Å²) in [5.74, 6) is -0.404. The van der Waals surface area contributed by atoms with Crippen molar-refractivity contribution in [1.82, 2.24) is 14.9 Å². The van der Waals surface area contributed by atoms with Gasteiger partial charge in [-0.2, -0.15) is 0 Å². The van der Waals surface area contributed by atoms with Crippen molar-refractivity contribution in [2.75, 3.05) is 4.72 Å². The number of aryl methyl sites for hydroxylation is 2. The number of nitrogens with one attached hydrogen (secondary N) is 2. The zero-order valence-corrected chi connectivity index (χ0v) is 20.2. The lowest BCUT2D eigenvalue weighted by Gasteiger charge is -2.13. The van der Waals surface area contributed by atoms with Crippen LogP contribution in [-0.4, -0.2) is 23.9 Å². The van der Waals surface area contributed by atoms with Crippen molar-refractivity contribution in [2.45, 2.75) is 25.3 Å². The van der Waals surface area contributed by atoms with Crippen molar-refractivity contribution in [3.05, 3.63) is 107 Å². The highest BCUT2D eigenvalue weighted by Gasteiger charge is 2.21. The minimum absolute atomic E-state index is 0.0314. The van der Waals surface area contributed by atoms with Gasteiger partial charge in [0.25, 0.3) is 15.9 Å². The maximum atomic E-state index is 13.0. The predicted molar refractivity (Wildman–Crippen MR) is 133 cm³/mol. The Morgan fingerprint density at radius 1 is 1.03 bits per heavy atom. The summed E-state index contributed by atoms with van der Waals surface area (Å²) in [7, 11) is -4.00. The van der Waals surface area contributed by atoms with E-state index in [1.54, 1.807) is 18.6 Å². The van der Waals surface area contributed by atoms with Crippen LogP contribution in [-0.2, 0) is 16.6 Å².